The van der Waals surface area contributed by atoms with Crippen molar-refractivity contribution >= 4 is 35.2 Å². The first-order valence-electron chi connectivity index (χ1n) is 16.6. The number of benzene rings is 1. The average Bonchev–Trinajstić information content (AvgIpc) is 3.79. The molecule has 4 N–H and O–H groups in total. The maximum Gasteiger partial charge on any atom is 0.410 e. The fraction of sp³-hybridized carbons (Fsp3) is 0.529. The fourth-order valence-corrected chi connectivity index (χ4v) is 6.40. The summed E-state index contributed by atoms with van der Waals surface area (Å²) in [6.07, 6.45) is 10.4. The first-order valence-corrected chi connectivity index (χ1v) is 16.6. The Morgan fingerprint density at radius 1 is 0.979 bits per heavy atom. The second kappa shape index (κ2) is 13.2. The van der Waals surface area contributed by atoms with E-state index in [0.717, 1.165) is 32.2 Å². The van der Waals surface area contributed by atoms with E-state index in [-0.39, 0.29) is 41.6 Å². The molecule has 0 radical (unpaired) electrons. The van der Waals surface area contributed by atoms with Gasteiger partial charge in [0.15, 0.2) is 11.5 Å². The van der Waals surface area contributed by atoms with Crippen LogP contribution in [0.4, 0.5) is 22.1 Å². The van der Waals surface area contributed by atoms with E-state index in [0.29, 0.717) is 36.1 Å². The normalized spacial score (nSPS) is 20.5. The molecule has 3 fully saturated rings. The topological polar surface area (TPSA) is 161 Å². The number of hydrogen-bond acceptors (Lipinski definition) is 9. The van der Waals surface area contributed by atoms with Crippen LogP contribution in [-0.4, -0.2) is 79.9 Å². The largest absolute Gasteiger partial charge is 0.444 e. The third-order valence-electron chi connectivity index (χ3n) is 9.17. The van der Waals surface area contributed by atoms with Crippen LogP contribution < -0.4 is 21.3 Å². The Labute approximate surface area is 275 Å². The summed E-state index contributed by atoms with van der Waals surface area (Å²) in [5, 5.41) is 11.0. The van der Waals surface area contributed by atoms with E-state index < -0.39 is 11.5 Å². The minimum atomic E-state index is -0.696. The zero-order chi connectivity index (χ0) is 33.3. The molecule has 2 aliphatic heterocycles. The molecule has 2 atom stereocenters. The minimum Gasteiger partial charge on any atom is -0.444 e. The van der Waals surface area contributed by atoms with Crippen LogP contribution in [-0.2, 0) is 4.74 Å². The summed E-state index contributed by atoms with van der Waals surface area (Å²) in [6.45, 7) is 9.52. The molecule has 13 heteroatoms. The molecule has 6 rings (SSSR count). The lowest BCUT2D eigenvalue weighted by Gasteiger charge is -2.40. The van der Waals surface area contributed by atoms with Crippen molar-refractivity contribution in [1.29, 1.82) is 0 Å². The Morgan fingerprint density at radius 2 is 1.70 bits per heavy atom. The molecule has 47 heavy (non-hydrogen) atoms. The molecule has 3 aromatic rings. The Morgan fingerprint density at radius 3 is 2.36 bits per heavy atom. The number of nitrogens with one attached hydrogen (secondary N) is 2. The smallest absolute Gasteiger partial charge is 0.410 e. The second-order valence-electron chi connectivity index (χ2n) is 13.9. The van der Waals surface area contributed by atoms with Crippen LogP contribution in [0.3, 0.4) is 0 Å². The summed E-state index contributed by atoms with van der Waals surface area (Å²) < 4.78 is 7.38. The number of primary amides is 1. The van der Waals surface area contributed by atoms with Crippen LogP contribution in [0.15, 0.2) is 42.9 Å². The predicted molar refractivity (Wildman–Crippen MR) is 178 cm³/mol. The van der Waals surface area contributed by atoms with Gasteiger partial charge in [-0.15, -0.1) is 0 Å². The molecule has 2 saturated heterocycles. The molecule has 1 aromatic carbocycles. The van der Waals surface area contributed by atoms with Gasteiger partial charge in [0.25, 0.3) is 11.8 Å². The van der Waals surface area contributed by atoms with Gasteiger partial charge in [-0.2, -0.15) is 5.10 Å². The Bertz CT molecular complexity index is 1600. The van der Waals surface area contributed by atoms with Gasteiger partial charge in [-0.3, -0.25) is 14.3 Å². The summed E-state index contributed by atoms with van der Waals surface area (Å²) in [5.41, 5.74) is 7.76. The zero-order valence-electron chi connectivity index (χ0n) is 27.6. The van der Waals surface area contributed by atoms with Gasteiger partial charge in [0, 0.05) is 43.5 Å². The highest BCUT2D eigenvalue weighted by molar-refractivity contribution is 5.96. The van der Waals surface area contributed by atoms with Gasteiger partial charge in [0.2, 0.25) is 0 Å². The van der Waals surface area contributed by atoms with Crippen molar-refractivity contribution in [2.45, 2.75) is 95.9 Å². The number of amides is 3. The van der Waals surface area contributed by atoms with E-state index >= 15 is 0 Å². The molecule has 3 amide bonds. The minimum absolute atomic E-state index is 0.0244. The standard InChI is InChI=1S/C34H45N9O4/c1-21-27(39-32(45)24-11-9-23(10-12-24)22-7-8-22)6-5-15-42(21)28-19-36-29(30(35)44)31(40-28)38-25-18-37-43(20-25)26-13-16-41(17-14-26)33(46)47-34(2,3)4/h9-12,18-22,26-27H,5-8,13-17H2,1-4H3,(H2,35,44)(H,38,40)(H,39,45)/t21-,27-/m1/s1. The number of piperidine rings is 2. The van der Waals surface area contributed by atoms with Crippen LogP contribution in [0, 0.1) is 0 Å². The van der Waals surface area contributed by atoms with E-state index in [9.17, 15) is 14.4 Å². The Kier molecular flexibility index (Phi) is 9.07. The number of nitrogens with two attached hydrogens (primary N) is 1. The maximum absolute atomic E-state index is 13.1. The lowest BCUT2D eigenvalue weighted by Crippen LogP contribution is -2.54. The molecule has 0 bridgehead atoms. The van der Waals surface area contributed by atoms with Crippen molar-refractivity contribution in [3.8, 4) is 0 Å². The third-order valence-corrected chi connectivity index (χ3v) is 9.17. The Balaban J connectivity index is 1.11. The highest BCUT2D eigenvalue weighted by Crippen LogP contribution is 2.40. The monoisotopic (exact) mass is 643 g/mol. The molecular formula is C34H45N9O4. The van der Waals surface area contributed by atoms with Gasteiger partial charge in [-0.05, 0) is 89.8 Å². The molecule has 4 heterocycles. The van der Waals surface area contributed by atoms with Crippen LogP contribution in [0.2, 0.25) is 0 Å². The molecule has 1 saturated carbocycles. The van der Waals surface area contributed by atoms with Gasteiger partial charge < -0.3 is 30.9 Å². The number of likely N-dealkylation sites (tertiary alicyclic amines) is 1. The van der Waals surface area contributed by atoms with Gasteiger partial charge in [-0.1, -0.05) is 12.1 Å². The third kappa shape index (κ3) is 7.66. The number of aromatic nitrogens is 4. The SMILES string of the molecule is C[C@@H]1[C@H](NC(=O)c2ccc(C3CC3)cc2)CCCN1c1cnc(C(N)=O)c(Nc2cnn(C3CCN(C(=O)OC(C)(C)C)CC3)c2)n1. The Hall–Kier alpha value is -4.68. The molecule has 250 valence electrons. The van der Waals surface area contributed by atoms with E-state index in [1.54, 1.807) is 17.3 Å². The van der Waals surface area contributed by atoms with Crippen LogP contribution in [0.25, 0.3) is 0 Å². The molecule has 3 aliphatic rings. The zero-order valence-corrected chi connectivity index (χ0v) is 27.6. The van der Waals surface area contributed by atoms with E-state index in [4.69, 9.17) is 15.5 Å². The molecule has 13 nitrogen and oxygen atoms in total. The molecule has 2 aromatic heterocycles. The summed E-state index contributed by atoms with van der Waals surface area (Å²) in [7, 11) is 0. The van der Waals surface area contributed by atoms with Crippen LogP contribution in [0.1, 0.15) is 105 Å². The number of rotatable bonds is 8. The average molecular weight is 644 g/mol. The number of hydrogen-bond donors (Lipinski definition) is 3. The summed E-state index contributed by atoms with van der Waals surface area (Å²) in [4.78, 5) is 50.9. The number of carbonyl (C=O) groups is 3. The van der Waals surface area contributed by atoms with E-state index in [1.807, 2.05) is 43.8 Å². The fourth-order valence-electron chi connectivity index (χ4n) is 6.40. The molecular weight excluding hydrogens is 598 g/mol. The van der Waals surface area contributed by atoms with Gasteiger partial charge in [-0.25, -0.2) is 14.8 Å². The summed E-state index contributed by atoms with van der Waals surface area (Å²) in [6, 6.07) is 7.90. The summed E-state index contributed by atoms with van der Waals surface area (Å²) >= 11 is 0. The van der Waals surface area contributed by atoms with Crippen molar-refractivity contribution in [1.82, 2.24) is 30.0 Å². The molecule has 0 unspecified atom stereocenters. The highest BCUT2D eigenvalue weighted by Gasteiger charge is 2.32. The predicted octanol–water partition coefficient (Wildman–Crippen LogP) is 4.75. The number of ether oxygens (including phenoxy) is 1. The number of nitrogens with zero attached hydrogens (tertiary/aromatic N) is 6. The van der Waals surface area contributed by atoms with Crippen LogP contribution in [0.5, 0.6) is 0 Å². The van der Waals surface area contributed by atoms with Gasteiger partial charge in [0.05, 0.1) is 24.1 Å². The number of anilines is 3. The second-order valence-corrected chi connectivity index (χ2v) is 13.9. The molecule has 1 aliphatic carbocycles. The first kappa shape index (κ1) is 32.3. The van der Waals surface area contributed by atoms with Crippen molar-refractivity contribution in [3.63, 3.8) is 0 Å². The quantitative estimate of drug-likeness (QED) is 0.315. The van der Waals surface area contributed by atoms with E-state index in [2.05, 4.69) is 44.7 Å². The summed E-state index contributed by atoms with van der Waals surface area (Å²) in [5.74, 6) is 0.685. The molecule has 0 spiro atoms. The van der Waals surface area contributed by atoms with Crippen LogP contribution >= 0.6 is 0 Å². The van der Waals surface area contributed by atoms with E-state index in [1.165, 1.54) is 18.4 Å². The van der Waals surface area contributed by atoms with Crippen molar-refractivity contribution in [3.05, 3.63) is 59.7 Å². The van der Waals surface area contributed by atoms with Crippen molar-refractivity contribution < 1.29 is 19.1 Å². The maximum atomic E-state index is 13.1. The lowest BCUT2D eigenvalue weighted by molar-refractivity contribution is 0.0184. The van der Waals surface area contributed by atoms with Gasteiger partial charge in [0.1, 0.15) is 11.4 Å². The van der Waals surface area contributed by atoms with Gasteiger partial charge >= 0.3 is 6.09 Å². The van der Waals surface area contributed by atoms with Crippen molar-refractivity contribution in [2.24, 2.45) is 5.73 Å². The highest BCUT2D eigenvalue weighted by atomic mass is 16.6. The number of carbonyl (C=O) groups excluding carboxylic acids is 3. The lowest BCUT2D eigenvalue weighted by atomic mass is 9.97. The first-order chi connectivity index (χ1) is 22.4. The van der Waals surface area contributed by atoms with Crippen molar-refractivity contribution in [2.75, 3.05) is 29.9 Å².